The summed E-state index contributed by atoms with van der Waals surface area (Å²) < 4.78 is 26.1. The van der Waals surface area contributed by atoms with Gasteiger partial charge in [0.1, 0.15) is 35.5 Å². The van der Waals surface area contributed by atoms with Crippen LogP contribution < -0.4 is 20.5 Å². The smallest absolute Gasteiger partial charge is 0.247 e. The molecule has 0 saturated carbocycles. The van der Waals surface area contributed by atoms with E-state index in [1.807, 2.05) is 54.6 Å². The van der Waals surface area contributed by atoms with Crippen molar-refractivity contribution in [1.29, 1.82) is 0 Å². The van der Waals surface area contributed by atoms with Crippen molar-refractivity contribution in [1.82, 2.24) is 4.98 Å². The highest BCUT2D eigenvalue weighted by Gasteiger charge is 2.14. The second-order valence-electron chi connectivity index (χ2n) is 7.30. The quantitative estimate of drug-likeness (QED) is 0.320. The summed E-state index contributed by atoms with van der Waals surface area (Å²) in [6, 6.07) is 22.7. The minimum Gasteiger partial charge on any atom is -0.488 e. The van der Waals surface area contributed by atoms with Gasteiger partial charge in [-0.25, -0.2) is 9.37 Å². The van der Waals surface area contributed by atoms with Crippen LogP contribution in [0.3, 0.4) is 0 Å². The van der Waals surface area contributed by atoms with Gasteiger partial charge in [-0.3, -0.25) is 4.79 Å². The summed E-state index contributed by atoms with van der Waals surface area (Å²) in [6.07, 6.45) is 2.67. The molecule has 4 rings (SSSR count). The van der Waals surface area contributed by atoms with Crippen molar-refractivity contribution in [2.24, 2.45) is 0 Å². The summed E-state index contributed by atoms with van der Waals surface area (Å²) in [5.41, 5.74) is 8.23. The molecule has 34 heavy (non-hydrogen) atoms. The van der Waals surface area contributed by atoms with E-state index >= 15 is 0 Å². The molecule has 0 unspecified atom stereocenters. The Labute approximate surface area is 196 Å². The van der Waals surface area contributed by atoms with Crippen LogP contribution in [0.25, 0.3) is 11.1 Å². The fourth-order valence-corrected chi connectivity index (χ4v) is 3.30. The normalized spacial score (nSPS) is 10.4. The van der Waals surface area contributed by atoms with Crippen LogP contribution in [0, 0.1) is 5.82 Å². The molecule has 3 aromatic carbocycles. The molecule has 0 aliphatic carbocycles. The van der Waals surface area contributed by atoms with E-state index in [4.69, 9.17) is 15.2 Å². The molecule has 170 valence electrons. The molecular formula is C27H22FN3O3. The predicted molar refractivity (Wildman–Crippen MR) is 130 cm³/mol. The number of rotatable bonds is 8. The first-order valence-corrected chi connectivity index (χ1v) is 10.5. The van der Waals surface area contributed by atoms with Crippen LogP contribution in [0.2, 0.25) is 0 Å². The van der Waals surface area contributed by atoms with E-state index in [-0.39, 0.29) is 23.9 Å². The number of anilines is 2. The third-order valence-electron chi connectivity index (χ3n) is 4.95. The van der Waals surface area contributed by atoms with E-state index in [0.717, 1.165) is 17.4 Å². The van der Waals surface area contributed by atoms with E-state index in [0.29, 0.717) is 22.7 Å². The molecule has 1 amide bonds. The van der Waals surface area contributed by atoms with Gasteiger partial charge in [-0.1, -0.05) is 36.9 Å². The Morgan fingerprint density at radius 1 is 1.03 bits per heavy atom. The van der Waals surface area contributed by atoms with Crippen molar-refractivity contribution < 1.29 is 18.7 Å². The lowest BCUT2D eigenvalue weighted by molar-refractivity contribution is -0.111. The lowest BCUT2D eigenvalue weighted by atomic mass is 10.1. The van der Waals surface area contributed by atoms with Crippen LogP contribution in [-0.4, -0.2) is 10.9 Å². The minimum atomic E-state index is -0.456. The number of halogens is 1. The number of ether oxygens (including phenoxy) is 2. The van der Waals surface area contributed by atoms with Crippen molar-refractivity contribution in [3.05, 3.63) is 109 Å². The molecule has 7 heteroatoms. The molecule has 4 aromatic rings. The number of benzene rings is 3. The third-order valence-corrected chi connectivity index (χ3v) is 4.95. The van der Waals surface area contributed by atoms with E-state index in [1.165, 1.54) is 24.4 Å². The van der Waals surface area contributed by atoms with Gasteiger partial charge in [0.25, 0.3) is 0 Å². The number of carbonyl (C=O) groups is 1. The molecule has 0 radical (unpaired) electrons. The number of nitrogens with two attached hydrogens (primary N) is 1. The van der Waals surface area contributed by atoms with Crippen molar-refractivity contribution >= 4 is 17.4 Å². The second kappa shape index (κ2) is 10.3. The molecular weight excluding hydrogens is 433 g/mol. The number of nitrogens with zero attached hydrogens (tertiary/aromatic N) is 1. The highest BCUT2D eigenvalue weighted by atomic mass is 19.1. The summed E-state index contributed by atoms with van der Waals surface area (Å²) in [4.78, 5) is 15.7. The molecule has 1 heterocycles. The zero-order valence-electron chi connectivity index (χ0n) is 18.2. The first kappa shape index (κ1) is 22.5. The van der Waals surface area contributed by atoms with Crippen molar-refractivity contribution in [2.45, 2.75) is 6.61 Å². The summed E-state index contributed by atoms with van der Waals surface area (Å²) in [7, 11) is 0. The van der Waals surface area contributed by atoms with Crippen LogP contribution in [0.5, 0.6) is 17.2 Å². The Kier molecular flexibility index (Phi) is 6.84. The Balaban J connectivity index is 1.54. The molecule has 0 fully saturated rings. The Morgan fingerprint density at radius 2 is 1.76 bits per heavy atom. The lowest BCUT2D eigenvalue weighted by Gasteiger charge is -2.15. The van der Waals surface area contributed by atoms with Gasteiger partial charge in [-0.15, -0.1) is 0 Å². The van der Waals surface area contributed by atoms with Gasteiger partial charge < -0.3 is 20.5 Å². The summed E-state index contributed by atoms with van der Waals surface area (Å²) in [5.74, 6) is 1.28. The van der Waals surface area contributed by atoms with Crippen LogP contribution >= 0.6 is 0 Å². The maximum absolute atomic E-state index is 14.4. The van der Waals surface area contributed by atoms with E-state index < -0.39 is 5.82 Å². The Bertz CT molecular complexity index is 1310. The predicted octanol–water partition coefficient (Wildman–Crippen LogP) is 5.97. The SMILES string of the molecule is C=CC(=O)Nc1ccc(F)c(COc2ccnc(N)c2-c2ccc(Oc3ccccc3)cc2)c1. The monoisotopic (exact) mass is 455 g/mol. The number of nitrogen functional groups attached to an aromatic ring is 1. The maximum atomic E-state index is 14.4. The standard InChI is InChI=1S/C27H22FN3O3/c1-2-25(32)31-20-10-13-23(28)19(16-20)17-33-24-14-15-30-27(29)26(24)18-8-11-22(12-9-18)34-21-6-4-3-5-7-21/h2-16H,1,17H2,(H2,29,30)(H,31,32). The van der Waals surface area contributed by atoms with Gasteiger partial charge >= 0.3 is 0 Å². The van der Waals surface area contributed by atoms with Gasteiger partial charge in [-0.2, -0.15) is 0 Å². The molecule has 0 spiro atoms. The van der Waals surface area contributed by atoms with Crippen molar-refractivity contribution in [3.8, 4) is 28.4 Å². The first-order valence-electron chi connectivity index (χ1n) is 10.5. The molecule has 0 aliphatic rings. The van der Waals surface area contributed by atoms with Gasteiger partial charge in [0.2, 0.25) is 5.91 Å². The Hall–Kier alpha value is -4.65. The number of hydrogen-bond donors (Lipinski definition) is 2. The van der Waals surface area contributed by atoms with Crippen LogP contribution in [0.4, 0.5) is 15.9 Å². The molecule has 6 nitrogen and oxygen atoms in total. The van der Waals surface area contributed by atoms with E-state index in [9.17, 15) is 9.18 Å². The van der Waals surface area contributed by atoms with Gasteiger partial charge in [0, 0.05) is 17.4 Å². The second-order valence-corrected chi connectivity index (χ2v) is 7.30. The number of hydrogen-bond acceptors (Lipinski definition) is 5. The number of pyridine rings is 1. The van der Waals surface area contributed by atoms with Crippen molar-refractivity contribution in [2.75, 3.05) is 11.1 Å². The average Bonchev–Trinajstić information content (AvgIpc) is 2.85. The first-order chi connectivity index (χ1) is 16.5. The number of amides is 1. The number of aromatic nitrogens is 1. The zero-order chi connectivity index (χ0) is 23.9. The fraction of sp³-hybridized carbons (Fsp3) is 0.0370. The average molecular weight is 455 g/mol. The molecule has 0 bridgehead atoms. The van der Waals surface area contributed by atoms with Crippen molar-refractivity contribution in [3.63, 3.8) is 0 Å². The van der Waals surface area contributed by atoms with Gasteiger partial charge in [0.15, 0.2) is 0 Å². The number of nitrogens with one attached hydrogen (secondary N) is 1. The minimum absolute atomic E-state index is 0.0741. The third kappa shape index (κ3) is 5.39. The Morgan fingerprint density at radius 3 is 2.50 bits per heavy atom. The molecule has 1 aromatic heterocycles. The van der Waals surface area contributed by atoms with Crippen LogP contribution in [-0.2, 0) is 11.4 Å². The summed E-state index contributed by atoms with van der Waals surface area (Å²) in [5, 5.41) is 2.61. The largest absolute Gasteiger partial charge is 0.488 e. The maximum Gasteiger partial charge on any atom is 0.247 e. The van der Waals surface area contributed by atoms with Gasteiger partial charge in [-0.05, 0) is 60.2 Å². The number of carbonyl (C=O) groups excluding carboxylic acids is 1. The molecule has 0 atom stereocenters. The zero-order valence-corrected chi connectivity index (χ0v) is 18.2. The van der Waals surface area contributed by atoms with Crippen LogP contribution in [0.1, 0.15) is 5.56 Å². The summed E-state index contributed by atoms with van der Waals surface area (Å²) >= 11 is 0. The highest BCUT2D eigenvalue weighted by Crippen LogP contribution is 2.36. The lowest BCUT2D eigenvalue weighted by Crippen LogP contribution is -2.08. The van der Waals surface area contributed by atoms with E-state index in [2.05, 4.69) is 16.9 Å². The topological polar surface area (TPSA) is 86.5 Å². The van der Waals surface area contributed by atoms with Crippen LogP contribution in [0.15, 0.2) is 97.7 Å². The number of para-hydroxylation sites is 1. The fourth-order valence-electron chi connectivity index (χ4n) is 3.30. The highest BCUT2D eigenvalue weighted by molar-refractivity contribution is 5.98. The molecule has 0 aliphatic heterocycles. The summed E-state index contributed by atoms with van der Waals surface area (Å²) in [6.45, 7) is 3.34. The van der Waals surface area contributed by atoms with E-state index in [1.54, 1.807) is 6.07 Å². The van der Waals surface area contributed by atoms with Gasteiger partial charge in [0.05, 0.1) is 5.56 Å². The molecule has 3 N–H and O–H groups in total. The molecule has 0 saturated heterocycles.